The number of hydrogen-bond acceptors (Lipinski definition) is 3. The SMILES string of the molecule is Cc1cc(NCc2cc(F)cc(C#N)c2)nn1C. The van der Waals surface area contributed by atoms with E-state index in [1.807, 2.05) is 26.1 Å². The van der Waals surface area contributed by atoms with Crippen LogP contribution < -0.4 is 5.32 Å². The summed E-state index contributed by atoms with van der Waals surface area (Å²) in [5.41, 5.74) is 2.08. The molecule has 1 heterocycles. The molecule has 0 bridgehead atoms. The summed E-state index contributed by atoms with van der Waals surface area (Å²) in [4.78, 5) is 0. The zero-order valence-corrected chi connectivity index (χ0v) is 10.2. The third-order valence-corrected chi connectivity index (χ3v) is 2.67. The van der Waals surface area contributed by atoms with Gasteiger partial charge in [-0.25, -0.2) is 4.39 Å². The monoisotopic (exact) mass is 244 g/mol. The van der Waals surface area contributed by atoms with Crippen LogP contribution in [0.4, 0.5) is 10.2 Å². The Morgan fingerprint density at radius 3 is 2.78 bits per heavy atom. The first-order valence-electron chi connectivity index (χ1n) is 5.52. The summed E-state index contributed by atoms with van der Waals surface area (Å²) in [5, 5.41) is 16.1. The van der Waals surface area contributed by atoms with Crippen LogP contribution in [0, 0.1) is 24.1 Å². The third kappa shape index (κ3) is 2.66. The summed E-state index contributed by atoms with van der Waals surface area (Å²) in [6.45, 7) is 2.39. The summed E-state index contributed by atoms with van der Waals surface area (Å²) in [6, 6.07) is 8.12. The highest BCUT2D eigenvalue weighted by Crippen LogP contribution is 2.12. The zero-order valence-electron chi connectivity index (χ0n) is 10.2. The van der Waals surface area contributed by atoms with Gasteiger partial charge in [-0.3, -0.25) is 4.68 Å². The average Bonchev–Trinajstić information content (AvgIpc) is 2.65. The van der Waals surface area contributed by atoms with Crippen molar-refractivity contribution in [1.29, 1.82) is 5.26 Å². The van der Waals surface area contributed by atoms with Crippen molar-refractivity contribution in [3.63, 3.8) is 0 Å². The summed E-state index contributed by atoms with van der Waals surface area (Å²) in [5.74, 6) is 0.334. The van der Waals surface area contributed by atoms with Crippen molar-refractivity contribution in [2.24, 2.45) is 7.05 Å². The van der Waals surface area contributed by atoms with Crippen LogP contribution in [0.1, 0.15) is 16.8 Å². The zero-order chi connectivity index (χ0) is 13.1. The van der Waals surface area contributed by atoms with Gasteiger partial charge in [0, 0.05) is 25.4 Å². The van der Waals surface area contributed by atoms with Gasteiger partial charge in [0.25, 0.3) is 0 Å². The Morgan fingerprint density at radius 1 is 1.39 bits per heavy atom. The fourth-order valence-corrected chi connectivity index (χ4v) is 1.66. The standard InChI is InChI=1S/C13H13FN4/c1-9-3-13(17-18(9)2)16-8-11-4-10(7-15)5-12(14)6-11/h3-6H,8H2,1-2H3,(H,16,17). The summed E-state index contributed by atoms with van der Waals surface area (Å²) in [6.07, 6.45) is 0. The third-order valence-electron chi connectivity index (χ3n) is 2.67. The molecule has 0 amide bonds. The lowest BCUT2D eigenvalue weighted by atomic mass is 10.1. The van der Waals surface area contributed by atoms with Gasteiger partial charge < -0.3 is 5.32 Å². The Hall–Kier alpha value is -2.35. The molecule has 0 aliphatic rings. The number of nitrogens with one attached hydrogen (secondary N) is 1. The van der Waals surface area contributed by atoms with Crippen LogP contribution in [0.3, 0.4) is 0 Å². The Labute approximate surface area is 105 Å². The molecule has 0 saturated heterocycles. The van der Waals surface area contributed by atoms with Crippen LogP contribution in [-0.4, -0.2) is 9.78 Å². The average molecular weight is 244 g/mol. The van der Waals surface area contributed by atoms with E-state index < -0.39 is 5.82 Å². The fourth-order valence-electron chi connectivity index (χ4n) is 1.66. The molecule has 0 unspecified atom stereocenters. The molecule has 0 radical (unpaired) electrons. The molecule has 0 aliphatic heterocycles. The van der Waals surface area contributed by atoms with Gasteiger partial charge in [-0.2, -0.15) is 10.4 Å². The second kappa shape index (κ2) is 4.88. The van der Waals surface area contributed by atoms with Crippen molar-refractivity contribution < 1.29 is 4.39 Å². The van der Waals surface area contributed by atoms with Gasteiger partial charge in [-0.15, -0.1) is 0 Å². The molecule has 0 spiro atoms. The number of aromatic nitrogens is 2. The van der Waals surface area contributed by atoms with E-state index in [2.05, 4.69) is 10.4 Å². The first-order chi connectivity index (χ1) is 8.58. The Morgan fingerprint density at radius 2 is 2.17 bits per heavy atom. The summed E-state index contributed by atoms with van der Waals surface area (Å²) < 4.78 is 15.0. The maximum atomic E-state index is 13.2. The fraction of sp³-hybridized carbons (Fsp3) is 0.231. The van der Waals surface area contributed by atoms with E-state index in [-0.39, 0.29) is 0 Å². The molecule has 1 aromatic carbocycles. The van der Waals surface area contributed by atoms with Crippen LogP contribution >= 0.6 is 0 Å². The maximum Gasteiger partial charge on any atom is 0.148 e. The van der Waals surface area contributed by atoms with Crippen molar-refractivity contribution in [3.05, 3.63) is 46.9 Å². The van der Waals surface area contributed by atoms with Crippen LogP contribution in [0.15, 0.2) is 24.3 Å². The minimum atomic E-state index is -0.400. The summed E-state index contributed by atoms with van der Waals surface area (Å²) >= 11 is 0. The van der Waals surface area contributed by atoms with E-state index in [4.69, 9.17) is 5.26 Å². The molecule has 0 aliphatic carbocycles. The minimum Gasteiger partial charge on any atom is -0.365 e. The number of nitriles is 1. The van der Waals surface area contributed by atoms with E-state index in [9.17, 15) is 4.39 Å². The Kier molecular flexibility index (Phi) is 3.28. The number of aryl methyl sites for hydroxylation is 2. The number of hydrogen-bond donors (Lipinski definition) is 1. The van der Waals surface area contributed by atoms with Gasteiger partial charge in [0.15, 0.2) is 0 Å². The maximum absolute atomic E-state index is 13.2. The quantitative estimate of drug-likeness (QED) is 0.901. The molecule has 92 valence electrons. The predicted molar refractivity (Wildman–Crippen MR) is 66.4 cm³/mol. The first-order valence-corrected chi connectivity index (χ1v) is 5.52. The van der Waals surface area contributed by atoms with E-state index in [1.54, 1.807) is 10.7 Å². The molecular formula is C13H13FN4. The van der Waals surface area contributed by atoms with Gasteiger partial charge in [0.05, 0.1) is 11.6 Å². The van der Waals surface area contributed by atoms with Crippen molar-refractivity contribution in [2.45, 2.75) is 13.5 Å². The molecular weight excluding hydrogens is 231 g/mol. The highest BCUT2D eigenvalue weighted by atomic mass is 19.1. The Balaban J connectivity index is 2.11. The largest absolute Gasteiger partial charge is 0.365 e. The molecule has 5 heteroatoms. The minimum absolute atomic E-state index is 0.323. The van der Waals surface area contributed by atoms with Crippen LogP contribution in [0.2, 0.25) is 0 Å². The van der Waals surface area contributed by atoms with E-state index >= 15 is 0 Å². The molecule has 1 aromatic heterocycles. The van der Waals surface area contributed by atoms with Gasteiger partial charge in [0.1, 0.15) is 11.6 Å². The summed E-state index contributed by atoms with van der Waals surface area (Å²) in [7, 11) is 1.86. The van der Waals surface area contributed by atoms with Gasteiger partial charge in [-0.1, -0.05) is 0 Å². The van der Waals surface area contributed by atoms with Gasteiger partial charge >= 0.3 is 0 Å². The van der Waals surface area contributed by atoms with Crippen LogP contribution in [-0.2, 0) is 13.6 Å². The van der Waals surface area contributed by atoms with Crippen LogP contribution in [0.5, 0.6) is 0 Å². The van der Waals surface area contributed by atoms with Crippen molar-refractivity contribution in [1.82, 2.24) is 9.78 Å². The van der Waals surface area contributed by atoms with Crippen molar-refractivity contribution >= 4 is 5.82 Å². The molecule has 0 atom stereocenters. The number of rotatable bonds is 3. The molecule has 2 aromatic rings. The molecule has 0 saturated carbocycles. The Bertz CT molecular complexity index is 590. The normalized spacial score (nSPS) is 10.1. The molecule has 0 fully saturated rings. The molecule has 2 rings (SSSR count). The van der Waals surface area contributed by atoms with Crippen molar-refractivity contribution in [3.8, 4) is 6.07 Å². The first kappa shape index (κ1) is 12.1. The number of halogens is 1. The lowest BCUT2D eigenvalue weighted by Gasteiger charge is -2.04. The topological polar surface area (TPSA) is 53.6 Å². The number of anilines is 1. The molecule has 1 N–H and O–H groups in total. The molecule has 18 heavy (non-hydrogen) atoms. The smallest absolute Gasteiger partial charge is 0.148 e. The predicted octanol–water partition coefficient (Wildman–Crippen LogP) is 2.35. The van der Waals surface area contributed by atoms with Crippen LogP contribution in [0.25, 0.3) is 0 Å². The molecule has 4 nitrogen and oxygen atoms in total. The van der Waals surface area contributed by atoms with Gasteiger partial charge in [-0.05, 0) is 30.7 Å². The second-order valence-corrected chi connectivity index (χ2v) is 4.11. The van der Waals surface area contributed by atoms with Gasteiger partial charge in [0.2, 0.25) is 0 Å². The lowest BCUT2D eigenvalue weighted by Crippen LogP contribution is -2.02. The highest BCUT2D eigenvalue weighted by Gasteiger charge is 2.03. The highest BCUT2D eigenvalue weighted by molar-refractivity contribution is 5.39. The van der Waals surface area contributed by atoms with E-state index in [0.29, 0.717) is 12.1 Å². The second-order valence-electron chi connectivity index (χ2n) is 4.11. The number of benzene rings is 1. The van der Waals surface area contributed by atoms with E-state index in [1.165, 1.54) is 12.1 Å². The lowest BCUT2D eigenvalue weighted by molar-refractivity contribution is 0.625. The van der Waals surface area contributed by atoms with Crippen molar-refractivity contribution in [2.75, 3.05) is 5.32 Å². The number of nitrogens with zero attached hydrogens (tertiary/aromatic N) is 3. The van der Waals surface area contributed by atoms with E-state index in [0.717, 1.165) is 17.1 Å².